The van der Waals surface area contributed by atoms with Gasteiger partial charge in [0.2, 0.25) is 11.8 Å². The molecule has 0 aromatic heterocycles. The Morgan fingerprint density at radius 2 is 0.855 bits per heavy atom. The number of esters is 2. The second-order valence-corrected chi connectivity index (χ2v) is 21.1. The molecule has 76 heavy (non-hydrogen) atoms. The standard InChI is InChI=1S/C23H28BNO5.2C19H19NO3/c1-22(2)29-20(26)23(3,21(27)30-22)15-19(25-24(4)28)14-16-10-12-18(13-11-16)17-8-6-5-7-9-17;2*1-19(18(22)23)12-16(20-17(19)21)11-13-7-9-15(10-8-13)14-5-3-2-4-6-14/h5-13,19,25,28H,14-15H2,1-4H3;2*2-10,16H,11-12H2,1H3,(H,20,21)(H,22,23)/t19-;16-,19?;16-,19-/m111/s1. The van der Waals surface area contributed by atoms with E-state index in [9.17, 15) is 44.0 Å². The topological polar surface area (TPSA) is 218 Å². The van der Waals surface area contributed by atoms with E-state index in [-0.39, 0.29) is 24.5 Å². The van der Waals surface area contributed by atoms with Crippen LogP contribution in [0, 0.1) is 16.2 Å². The van der Waals surface area contributed by atoms with Gasteiger partial charge < -0.3 is 40.6 Å². The first kappa shape index (κ1) is 55.9. The largest absolute Gasteiger partial charge is 0.480 e. The van der Waals surface area contributed by atoms with Gasteiger partial charge in [0.1, 0.15) is 10.8 Å². The zero-order valence-corrected chi connectivity index (χ0v) is 43.7. The normalized spacial score (nSPS) is 21.5. The average Bonchev–Trinajstić information content (AvgIpc) is 3.86. The summed E-state index contributed by atoms with van der Waals surface area (Å²) in [6.45, 7) is 9.17. The van der Waals surface area contributed by atoms with Crippen molar-refractivity contribution in [3.8, 4) is 33.4 Å². The van der Waals surface area contributed by atoms with Crippen LogP contribution in [0.4, 0.5) is 0 Å². The van der Waals surface area contributed by atoms with Crippen molar-refractivity contribution >= 4 is 42.7 Å². The van der Waals surface area contributed by atoms with Gasteiger partial charge in [-0.3, -0.25) is 28.8 Å². The van der Waals surface area contributed by atoms with Crippen LogP contribution in [0.25, 0.3) is 33.4 Å². The van der Waals surface area contributed by atoms with Crippen molar-refractivity contribution in [3.05, 3.63) is 180 Å². The molecule has 14 nitrogen and oxygen atoms in total. The molecule has 1 unspecified atom stereocenters. The van der Waals surface area contributed by atoms with Gasteiger partial charge in [0.25, 0.3) is 5.79 Å². The second-order valence-electron chi connectivity index (χ2n) is 21.1. The molecule has 0 radical (unpaired) electrons. The van der Waals surface area contributed by atoms with Gasteiger partial charge in [-0.15, -0.1) is 0 Å². The molecule has 6 N–H and O–H groups in total. The van der Waals surface area contributed by atoms with Crippen LogP contribution in [0.3, 0.4) is 0 Å². The van der Waals surface area contributed by atoms with Crippen molar-refractivity contribution in [3.63, 3.8) is 0 Å². The molecule has 9 rings (SSSR count). The van der Waals surface area contributed by atoms with Crippen molar-refractivity contribution in [2.75, 3.05) is 0 Å². The van der Waals surface area contributed by atoms with Crippen molar-refractivity contribution in [1.29, 1.82) is 0 Å². The minimum atomic E-state index is -1.44. The Labute approximate surface area is 444 Å². The summed E-state index contributed by atoms with van der Waals surface area (Å²) in [5, 5.41) is 37.0. The molecule has 3 aliphatic heterocycles. The summed E-state index contributed by atoms with van der Waals surface area (Å²) in [6, 6.07) is 54.2. The number of aliphatic carboxylic acids is 2. The van der Waals surface area contributed by atoms with Crippen LogP contribution in [0.5, 0.6) is 0 Å². The smallest absolute Gasteiger partial charge is 0.373 e. The molecule has 2 amide bonds. The van der Waals surface area contributed by atoms with Crippen LogP contribution in [-0.2, 0) is 57.5 Å². The van der Waals surface area contributed by atoms with E-state index in [0.717, 1.165) is 50.1 Å². The molecule has 15 heteroatoms. The molecule has 5 atom stereocenters. The fraction of sp³-hybridized carbons (Fsp3) is 0.311. The highest BCUT2D eigenvalue weighted by Crippen LogP contribution is 2.37. The lowest BCUT2D eigenvalue weighted by Gasteiger charge is -2.40. The molecular formula is C61H66BN3O11. The molecule has 3 fully saturated rings. The molecule has 3 heterocycles. The number of carboxylic acid groups (broad SMARTS) is 2. The average molecular weight is 1030 g/mol. The van der Waals surface area contributed by atoms with Crippen molar-refractivity contribution in [1.82, 2.24) is 15.9 Å². The molecule has 3 saturated heterocycles. The number of carboxylic acids is 2. The van der Waals surface area contributed by atoms with Crippen LogP contribution in [0.1, 0.15) is 70.6 Å². The molecule has 6 aromatic carbocycles. The number of cyclic esters (lactones) is 2. The van der Waals surface area contributed by atoms with Crippen molar-refractivity contribution < 1.29 is 53.5 Å². The van der Waals surface area contributed by atoms with Crippen LogP contribution < -0.4 is 15.9 Å². The third kappa shape index (κ3) is 13.7. The van der Waals surface area contributed by atoms with Crippen molar-refractivity contribution in [2.24, 2.45) is 16.2 Å². The summed E-state index contributed by atoms with van der Waals surface area (Å²) >= 11 is 0. The van der Waals surface area contributed by atoms with Gasteiger partial charge in [-0.1, -0.05) is 164 Å². The highest BCUT2D eigenvalue weighted by molar-refractivity contribution is 6.45. The maximum absolute atomic E-state index is 12.6. The minimum absolute atomic E-state index is 0.133. The highest BCUT2D eigenvalue weighted by Gasteiger charge is 2.54. The third-order valence-corrected chi connectivity index (χ3v) is 14.3. The maximum atomic E-state index is 12.6. The summed E-state index contributed by atoms with van der Waals surface area (Å²) in [5.74, 6) is -5.39. The molecule has 0 aliphatic carbocycles. The zero-order chi connectivity index (χ0) is 54.8. The predicted octanol–water partition coefficient (Wildman–Crippen LogP) is 8.95. The molecule has 3 aliphatic rings. The van der Waals surface area contributed by atoms with Gasteiger partial charge >= 0.3 is 30.9 Å². The summed E-state index contributed by atoms with van der Waals surface area (Å²) in [7, 11) is -0.797. The Morgan fingerprint density at radius 3 is 1.16 bits per heavy atom. The summed E-state index contributed by atoms with van der Waals surface area (Å²) in [6.07, 6.45) is 2.60. The predicted molar refractivity (Wildman–Crippen MR) is 291 cm³/mol. The van der Waals surface area contributed by atoms with Gasteiger partial charge in [0.05, 0.1) is 0 Å². The Morgan fingerprint density at radius 1 is 0.539 bits per heavy atom. The molecular weight excluding hydrogens is 961 g/mol. The Balaban J connectivity index is 0.000000168. The molecule has 0 bridgehead atoms. The van der Waals surface area contributed by atoms with Crippen LogP contribution in [0.15, 0.2) is 164 Å². The Bertz CT molecular complexity index is 2840. The first-order chi connectivity index (χ1) is 36.1. The number of hydrogen-bond acceptors (Lipinski definition) is 10. The SMILES string of the molecule is CB(O)N[C@H](Cc1ccc(-c2ccccc2)cc1)CC1(C)C(=O)OC(C)(C)OC1=O.CC1(C(=O)O)C[C@@H](Cc2ccc(-c3ccccc3)cc2)NC1=O.C[C@@]1(C(=O)O)C[C@@H](Cc2ccc(-c3ccccc3)cc2)NC1=O. The summed E-state index contributed by atoms with van der Waals surface area (Å²) < 4.78 is 10.6. The number of carbonyl (C=O) groups is 6. The monoisotopic (exact) mass is 1030 g/mol. The van der Waals surface area contributed by atoms with Gasteiger partial charge in [-0.2, -0.15) is 0 Å². The van der Waals surface area contributed by atoms with E-state index in [0.29, 0.717) is 32.1 Å². The first-order valence-corrected chi connectivity index (χ1v) is 25.5. The molecule has 394 valence electrons. The third-order valence-electron chi connectivity index (χ3n) is 14.3. The zero-order valence-electron chi connectivity index (χ0n) is 43.7. The molecule has 6 aromatic rings. The summed E-state index contributed by atoms with van der Waals surface area (Å²) in [5.41, 5.74) is 5.97. The maximum Gasteiger partial charge on any atom is 0.373 e. The van der Waals surface area contributed by atoms with Gasteiger partial charge in [0, 0.05) is 32.0 Å². The number of carbonyl (C=O) groups excluding carboxylic acids is 4. The van der Waals surface area contributed by atoms with E-state index >= 15 is 0 Å². The number of hydrogen-bond donors (Lipinski definition) is 6. The lowest BCUT2D eigenvalue weighted by Crippen LogP contribution is -2.55. The van der Waals surface area contributed by atoms with E-state index in [1.165, 1.54) is 34.6 Å². The van der Waals surface area contributed by atoms with E-state index in [1.807, 2.05) is 103 Å². The van der Waals surface area contributed by atoms with Crippen LogP contribution in [0.2, 0.25) is 6.82 Å². The minimum Gasteiger partial charge on any atom is -0.480 e. The second kappa shape index (κ2) is 23.8. The Hall–Kier alpha value is -7.88. The number of nitrogens with one attached hydrogen (secondary N) is 3. The van der Waals surface area contributed by atoms with Crippen LogP contribution in [-0.4, -0.2) is 81.9 Å². The quantitative estimate of drug-likeness (QED) is 0.0323. The number of rotatable bonds is 15. The van der Waals surface area contributed by atoms with Gasteiger partial charge in [-0.25, -0.2) is 0 Å². The van der Waals surface area contributed by atoms with E-state index in [2.05, 4.69) is 76.5 Å². The Kier molecular flexibility index (Phi) is 17.5. The lowest BCUT2D eigenvalue weighted by molar-refractivity contribution is -0.250. The summed E-state index contributed by atoms with van der Waals surface area (Å²) in [4.78, 5) is 71.5. The first-order valence-electron chi connectivity index (χ1n) is 25.5. The fourth-order valence-corrected chi connectivity index (χ4v) is 9.79. The van der Waals surface area contributed by atoms with Crippen LogP contribution >= 0.6 is 0 Å². The van der Waals surface area contributed by atoms with Gasteiger partial charge in [0.15, 0.2) is 5.41 Å². The highest BCUT2D eigenvalue weighted by atomic mass is 16.7. The van der Waals surface area contributed by atoms with E-state index in [4.69, 9.17) is 9.47 Å². The lowest BCUT2D eigenvalue weighted by atomic mass is 9.77. The van der Waals surface area contributed by atoms with Gasteiger partial charge in [-0.05, 0) is 116 Å². The number of benzene rings is 6. The number of amides is 2. The molecule has 0 saturated carbocycles. The number of ether oxygens (including phenoxy) is 2. The van der Waals surface area contributed by atoms with E-state index in [1.54, 1.807) is 6.82 Å². The molecule has 0 spiro atoms. The van der Waals surface area contributed by atoms with E-state index < -0.39 is 64.8 Å². The fourth-order valence-electron chi connectivity index (χ4n) is 9.79. The van der Waals surface area contributed by atoms with Crippen molar-refractivity contribution in [2.45, 2.75) is 104 Å².